The minimum absolute atomic E-state index is 0.0944. The first-order chi connectivity index (χ1) is 17.8. The van der Waals surface area contributed by atoms with Gasteiger partial charge in [0.2, 0.25) is 11.8 Å². The van der Waals surface area contributed by atoms with Crippen LogP contribution in [0, 0.1) is 6.92 Å². The number of anilines is 2. The number of aryl methyl sites for hydroxylation is 1. The number of amides is 2. The Morgan fingerprint density at radius 1 is 1.05 bits per heavy atom. The molecule has 1 unspecified atom stereocenters. The van der Waals surface area contributed by atoms with Crippen LogP contribution >= 0.6 is 23.2 Å². The molecule has 0 saturated carbocycles. The first-order valence-corrected chi connectivity index (χ1v) is 12.6. The summed E-state index contributed by atoms with van der Waals surface area (Å²) in [5.41, 5.74) is 3.10. The van der Waals surface area contributed by atoms with E-state index in [9.17, 15) is 9.59 Å². The van der Waals surface area contributed by atoms with Gasteiger partial charge in [0, 0.05) is 27.6 Å². The molecule has 0 saturated heterocycles. The number of nitrogens with one attached hydrogen (secondary N) is 1. The quantitative estimate of drug-likeness (QED) is 0.395. The molecule has 37 heavy (non-hydrogen) atoms. The van der Waals surface area contributed by atoms with E-state index in [0.717, 1.165) is 16.8 Å². The SMILES string of the molecule is Cc1ccc(CN2C(=O)[C@]3(CC(=O)Nc4c3nnn4C(C)c3ccc(Cl)cc3)c3cc(Cl)ccc32)cn1. The van der Waals surface area contributed by atoms with Crippen LogP contribution in [0.3, 0.4) is 0 Å². The van der Waals surface area contributed by atoms with Gasteiger partial charge in [-0.05, 0) is 66.9 Å². The van der Waals surface area contributed by atoms with E-state index in [1.165, 1.54) is 0 Å². The van der Waals surface area contributed by atoms with Crippen molar-refractivity contribution in [2.45, 2.75) is 38.3 Å². The van der Waals surface area contributed by atoms with E-state index < -0.39 is 5.41 Å². The van der Waals surface area contributed by atoms with Gasteiger partial charge in [0.15, 0.2) is 5.82 Å². The molecule has 2 atom stereocenters. The normalized spacial score (nSPS) is 19.1. The molecule has 10 heteroatoms. The number of hydrogen-bond acceptors (Lipinski definition) is 5. The average molecular weight is 533 g/mol. The maximum Gasteiger partial charge on any atom is 0.244 e. The predicted molar refractivity (Wildman–Crippen MR) is 141 cm³/mol. The van der Waals surface area contributed by atoms with Crippen LogP contribution in [0.1, 0.15) is 47.5 Å². The number of halogens is 2. The molecule has 2 aromatic carbocycles. The highest BCUT2D eigenvalue weighted by molar-refractivity contribution is 6.31. The number of benzene rings is 2. The van der Waals surface area contributed by atoms with Crippen molar-refractivity contribution in [3.05, 3.63) is 98.9 Å². The molecule has 1 N–H and O–H groups in total. The predicted octanol–water partition coefficient (Wildman–Crippen LogP) is 5.07. The third-order valence-corrected chi connectivity index (χ3v) is 7.62. The lowest BCUT2D eigenvalue weighted by Gasteiger charge is -2.31. The van der Waals surface area contributed by atoms with Crippen LogP contribution in [-0.2, 0) is 21.5 Å². The van der Waals surface area contributed by atoms with Crippen LogP contribution in [0.4, 0.5) is 11.5 Å². The molecule has 2 aliphatic heterocycles. The molecule has 2 aromatic heterocycles. The van der Waals surface area contributed by atoms with Crippen molar-refractivity contribution in [1.82, 2.24) is 20.0 Å². The Balaban J connectivity index is 1.49. The van der Waals surface area contributed by atoms with E-state index >= 15 is 0 Å². The summed E-state index contributed by atoms with van der Waals surface area (Å²) < 4.78 is 1.64. The second-order valence-corrected chi connectivity index (χ2v) is 10.3. The topological polar surface area (TPSA) is 93.0 Å². The minimum Gasteiger partial charge on any atom is -0.309 e. The molecule has 2 aliphatic rings. The van der Waals surface area contributed by atoms with Crippen LogP contribution in [0.25, 0.3) is 0 Å². The fourth-order valence-corrected chi connectivity index (χ4v) is 5.52. The Bertz CT molecular complexity index is 1550. The van der Waals surface area contributed by atoms with Gasteiger partial charge in [-0.2, -0.15) is 0 Å². The maximum absolute atomic E-state index is 14.3. The van der Waals surface area contributed by atoms with E-state index in [0.29, 0.717) is 39.4 Å². The van der Waals surface area contributed by atoms with Crippen molar-refractivity contribution < 1.29 is 9.59 Å². The van der Waals surface area contributed by atoms with Crippen LogP contribution in [-0.4, -0.2) is 31.8 Å². The van der Waals surface area contributed by atoms with E-state index in [2.05, 4.69) is 20.6 Å². The number of pyridine rings is 1. The van der Waals surface area contributed by atoms with Gasteiger partial charge in [0.1, 0.15) is 11.1 Å². The second kappa shape index (κ2) is 8.68. The zero-order valence-electron chi connectivity index (χ0n) is 20.1. The lowest BCUT2D eigenvalue weighted by Crippen LogP contribution is -2.47. The van der Waals surface area contributed by atoms with Crippen LogP contribution in [0.15, 0.2) is 60.8 Å². The average Bonchev–Trinajstić information content (AvgIpc) is 3.39. The molecule has 0 radical (unpaired) electrons. The highest BCUT2D eigenvalue weighted by Gasteiger charge is 2.58. The molecular formula is C27H22Cl2N6O2. The zero-order chi connectivity index (χ0) is 25.9. The molecule has 8 nitrogen and oxygen atoms in total. The summed E-state index contributed by atoms with van der Waals surface area (Å²) in [5, 5.41) is 12.9. The Morgan fingerprint density at radius 2 is 1.81 bits per heavy atom. The van der Waals surface area contributed by atoms with Crippen molar-refractivity contribution in [2.75, 3.05) is 10.2 Å². The van der Waals surface area contributed by atoms with Gasteiger partial charge in [0.25, 0.3) is 0 Å². The van der Waals surface area contributed by atoms with Crippen molar-refractivity contribution >= 4 is 46.5 Å². The molecule has 0 bridgehead atoms. The largest absolute Gasteiger partial charge is 0.309 e. The van der Waals surface area contributed by atoms with Gasteiger partial charge < -0.3 is 10.2 Å². The molecule has 0 fully saturated rings. The molecule has 0 aliphatic carbocycles. The summed E-state index contributed by atoms with van der Waals surface area (Å²) in [6, 6.07) is 16.3. The maximum atomic E-state index is 14.3. The lowest BCUT2D eigenvalue weighted by molar-refractivity contribution is -0.126. The molecule has 4 heterocycles. The monoisotopic (exact) mass is 532 g/mol. The van der Waals surface area contributed by atoms with Gasteiger partial charge in [-0.15, -0.1) is 5.10 Å². The highest BCUT2D eigenvalue weighted by atomic mass is 35.5. The van der Waals surface area contributed by atoms with Crippen LogP contribution < -0.4 is 10.2 Å². The summed E-state index contributed by atoms with van der Waals surface area (Å²) in [7, 11) is 0. The first kappa shape index (κ1) is 23.6. The summed E-state index contributed by atoms with van der Waals surface area (Å²) in [4.78, 5) is 33.5. The molecule has 2 amide bonds. The minimum atomic E-state index is -1.34. The summed E-state index contributed by atoms with van der Waals surface area (Å²) >= 11 is 12.5. The smallest absolute Gasteiger partial charge is 0.244 e. The molecule has 6 rings (SSSR count). The number of carbonyl (C=O) groups excluding carboxylic acids is 2. The number of hydrogen-bond donors (Lipinski definition) is 1. The summed E-state index contributed by atoms with van der Waals surface area (Å²) in [6.07, 6.45) is 1.66. The van der Waals surface area contributed by atoms with Gasteiger partial charge in [-0.25, -0.2) is 4.68 Å². The van der Waals surface area contributed by atoms with Gasteiger partial charge in [-0.1, -0.05) is 46.6 Å². The van der Waals surface area contributed by atoms with Crippen molar-refractivity contribution in [3.8, 4) is 0 Å². The second-order valence-electron chi connectivity index (χ2n) is 9.45. The van der Waals surface area contributed by atoms with Crippen LogP contribution in [0.5, 0.6) is 0 Å². The number of nitrogens with zero attached hydrogens (tertiary/aromatic N) is 5. The summed E-state index contributed by atoms with van der Waals surface area (Å²) in [6.45, 7) is 4.16. The Labute approximate surface area is 223 Å². The Kier molecular flexibility index (Phi) is 5.54. The number of fused-ring (bicyclic) bond motifs is 4. The Morgan fingerprint density at radius 3 is 2.54 bits per heavy atom. The lowest BCUT2D eigenvalue weighted by atomic mass is 9.73. The molecule has 186 valence electrons. The Hall–Kier alpha value is -3.75. The molecule has 4 aromatic rings. The van der Waals surface area contributed by atoms with Crippen molar-refractivity contribution in [1.29, 1.82) is 0 Å². The fraction of sp³-hybridized carbons (Fsp3) is 0.222. The molecular weight excluding hydrogens is 511 g/mol. The van der Waals surface area contributed by atoms with Crippen LogP contribution in [0.2, 0.25) is 10.0 Å². The van der Waals surface area contributed by atoms with E-state index in [-0.39, 0.29) is 24.3 Å². The van der Waals surface area contributed by atoms with Crippen molar-refractivity contribution in [2.24, 2.45) is 0 Å². The van der Waals surface area contributed by atoms with Gasteiger partial charge >= 0.3 is 0 Å². The third-order valence-electron chi connectivity index (χ3n) is 7.13. The van der Waals surface area contributed by atoms with E-state index in [1.54, 1.807) is 40.0 Å². The highest BCUT2D eigenvalue weighted by Crippen LogP contribution is 2.52. The van der Waals surface area contributed by atoms with Gasteiger partial charge in [-0.3, -0.25) is 14.6 Å². The van der Waals surface area contributed by atoms with E-state index in [1.807, 2.05) is 44.2 Å². The van der Waals surface area contributed by atoms with Gasteiger partial charge in [0.05, 0.1) is 19.0 Å². The zero-order valence-corrected chi connectivity index (χ0v) is 21.6. The fourth-order valence-electron chi connectivity index (χ4n) is 5.22. The third kappa shape index (κ3) is 3.70. The van der Waals surface area contributed by atoms with Crippen molar-refractivity contribution in [3.63, 3.8) is 0 Å². The number of rotatable bonds is 4. The van der Waals surface area contributed by atoms with E-state index in [4.69, 9.17) is 23.2 Å². The summed E-state index contributed by atoms with van der Waals surface area (Å²) in [5.74, 6) is -0.137. The number of aromatic nitrogens is 4. The molecule has 1 spiro atoms. The standard InChI is InChI=1S/C27H22Cl2N6O2/c1-15-3-4-17(13-30-15)14-34-22-10-9-20(29)11-21(22)27(26(34)37)12-23(36)31-25-24(27)32-33-35(25)16(2)18-5-7-19(28)8-6-18/h3-11,13,16H,12,14H2,1-2H3,(H,31,36)/t16?,27-/m1/s1. The number of carbonyl (C=O) groups is 2. The first-order valence-electron chi connectivity index (χ1n) is 11.8.